The Morgan fingerprint density at radius 2 is 2.24 bits per heavy atom. The minimum atomic E-state index is -0.0580. The van der Waals surface area contributed by atoms with Gasteiger partial charge in [0.1, 0.15) is 5.75 Å². The van der Waals surface area contributed by atoms with E-state index in [2.05, 4.69) is 21.6 Å². The van der Waals surface area contributed by atoms with Crippen molar-refractivity contribution < 1.29 is 9.53 Å². The maximum absolute atomic E-state index is 11.9. The molecule has 0 radical (unpaired) electrons. The molecule has 0 spiro atoms. The van der Waals surface area contributed by atoms with Gasteiger partial charge in [0.25, 0.3) is 0 Å². The molecular weight excluding hydrogens is 266 g/mol. The van der Waals surface area contributed by atoms with Crippen LogP contribution in [-0.4, -0.2) is 22.7 Å². The number of ether oxygens (including phenoxy) is 1. The average molecular weight is 287 g/mol. The summed E-state index contributed by atoms with van der Waals surface area (Å²) in [4.78, 5) is 11.9. The van der Waals surface area contributed by atoms with E-state index in [1.165, 1.54) is 5.56 Å². The second-order valence-corrected chi connectivity index (χ2v) is 5.19. The van der Waals surface area contributed by atoms with Gasteiger partial charge < -0.3 is 10.1 Å². The zero-order chi connectivity index (χ0) is 15.2. The summed E-state index contributed by atoms with van der Waals surface area (Å²) in [6.07, 6.45) is 3.81. The summed E-state index contributed by atoms with van der Waals surface area (Å²) in [5, 5.41) is 9.51. The molecule has 0 fully saturated rings. The maximum Gasteiger partial charge on any atom is 0.223 e. The van der Waals surface area contributed by atoms with E-state index < -0.39 is 0 Å². The fourth-order valence-electron chi connectivity index (χ4n) is 2.11. The third kappa shape index (κ3) is 4.34. The van der Waals surface area contributed by atoms with Crippen molar-refractivity contribution in [3.05, 3.63) is 47.3 Å². The third-order valence-electron chi connectivity index (χ3n) is 3.31. The molecule has 0 saturated heterocycles. The molecule has 21 heavy (non-hydrogen) atoms. The number of aryl methyl sites for hydroxylation is 2. The lowest BCUT2D eigenvalue weighted by Crippen LogP contribution is -2.27. The second kappa shape index (κ2) is 6.92. The van der Waals surface area contributed by atoms with Gasteiger partial charge in [-0.3, -0.25) is 9.89 Å². The van der Waals surface area contributed by atoms with E-state index in [1.54, 1.807) is 12.4 Å². The molecule has 0 bridgehead atoms. The summed E-state index contributed by atoms with van der Waals surface area (Å²) >= 11 is 0. The number of aromatic amines is 1. The van der Waals surface area contributed by atoms with Crippen molar-refractivity contribution in [2.45, 2.75) is 33.2 Å². The highest BCUT2D eigenvalue weighted by molar-refractivity contribution is 5.76. The molecule has 2 N–H and O–H groups in total. The Morgan fingerprint density at radius 1 is 1.43 bits per heavy atom. The number of carbonyl (C=O) groups is 1. The maximum atomic E-state index is 11.9. The van der Waals surface area contributed by atoms with Gasteiger partial charge in [-0.2, -0.15) is 5.10 Å². The lowest BCUT2D eigenvalue weighted by molar-refractivity contribution is -0.122. The van der Waals surface area contributed by atoms with Crippen LogP contribution in [0.25, 0.3) is 0 Å². The summed E-state index contributed by atoms with van der Waals surface area (Å²) < 4.78 is 5.66. The summed E-state index contributed by atoms with van der Waals surface area (Å²) in [5.74, 6) is 0.796. The van der Waals surface area contributed by atoms with Crippen LogP contribution >= 0.6 is 0 Å². The molecule has 1 heterocycles. The first-order valence-electron chi connectivity index (χ1n) is 7.04. The number of hydrogen-bond donors (Lipinski definition) is 2. The van der Waals surface area contributed by atoms with Gasteiger partial charge in [0.15, 0.2) is 0 Å². The highest BCUT2D eigenvalue weighted by atomic mass is 16.5. The molecule has 0 aliphatic rings. The SMILES string of the molecule is Cc1ccc(OCCC(=O)NC(C)c2cn[nH]c2)c(C)c1. The zero-order valence-corrected chi connectivity index (χ0v) is 12.6. The molecule has 112 valence electrons. The van der Waals surface area contributed by atoms with Gasteiger partial charge in [-0.15, -0.1) is 0 Å². The van der Waals surface area contributed by atoms with Crippen molar-refractivity contribution in [2.24, 2.45) is 0 Å². The minimum absolute atomic E-state index is 0.0338. The number of amides is 1. The van der Waals surface area contributed by atoms with Crippen molar-refractivity contribution in [1.82, 2.24) is 15.5 Å². The molecule has 2 rings (SSSR count). The second-order valence-electron chi connectivity index (χ2n) is 5.19. The Bertz CT molecular complexity index is 594. The smallest absolute Gasteiger partial charge is 0.223 e. The quantitative estimate of drug-likeness (QED) is 0.858. The molecule has 1 unspecified atom stereocenters. The Kier molecular flexibility index (Phi) is 4.98. The number of carbonyl (C=O) groups excluding carboxylic acids is 1. The van der Waals surface area contributed by atoms with Gasteiger partial charge in [0, 0.05) is 11.8 Å². The standard InChI is InChI=1S/C16H21N3O2/c1-11-4-5-15(12(2)8-11)21-7-6-16(20)19-13(3)14-9-17-18-10-14/h4-5,8-10,13H,6-7H2,1-3H3,(H,17,18)(H,19,20). The van der Waals surface area contributed by atoms with E-state index in [0.717, 1.165) is 16.9 Å². The predicted molar refractivity (Wildman–Crippen MR) is 81.2 cm³/mol. The van der Waals surface area contributed by atoms with Crippen LogP contribution in [0.5, 0.6) is 5.75 Å². The molecule has 1 aromatic carbocycles. The Labute approximate surface area is 124 Å². The average Bonchev–Trinajstić information content (AvgIpc) is 2.95. The molecule has 0 aliphatic heterocycles. The number of rotatable bonds is 6. The van der Waals surface area contributed by atoms with E-state index in [4.69, 9.17) is 4.74 Å². The Balaban J connectivity index is 1.76. The first kappa shape index (κ1) is 15.1. The van der Waals surface area contributed by atoms with Crippen LogP contribution in [0.15, 0.2) is 30.6 Å². The topological polar surface area (TPSA) is 67.0 Å². The molecule has 1 atom stereocenters. The van der Waals surface area contributed by atoms with Crippen LogP contribution in [0, 0.1) is 13.8 Å². The molecule has 2 aromatic rings. The molecule has 0 saturated carbocycles. The van der Waals surface area contributed by atoms with E-state index in [9.17, 15) is 4.79 Å². The number of hydrogen-bond acceptors (Lipinski definition) is 3. The molecule has 0 aliphatic carbocycles. The van der Waals surface area contributed by atoms with E-state index in [-0.39, 0.29) is 11.9 Å². The van der Waals surface area contributed by atoms with E-state index >= 15 is 0 Å². The summed E-state index contributed by atoms with van der Waals surface area (Å²) in [6, 6.07) is 5.95. The van der Waals surface area contributed by atoms with Gasteiger partial charge >= 0.3 is 0 Å². The lowest BCUT2D eigenvalue weighted by atomic mass is 10.1. The Hall–Kier alpha value is -2.30. The minimum Gasteiger partial charge on any atom is -0.493 e. The number of aromatic nitrogens is 2. The number of H-pyrrole nitrogens is 1. The third-order valence-corrected chi connectivity index (χ3v) is 3.31. The highest BCUT2D eigenvalue weighted by Gasteiger charge is 2.10. The molecule has 5 nitrogen and oxygen atoms in total. The number of nitrogens with zero attached hydrogens (tertiary/aromatic N) is 1. The summed E-state index contributed by atoms with van der Waals surface area (Å²) in [6.45, 7) is 6.34. The fraction of sp³-hybridized carbons (Fsp3) is 0.375. The highest BCUT2D eigenvalue weighted by Crippen LogP contribution is 2.18. The van der Waals surface area contributed by atoms with Crippen LogP contribution in [0.4, 0.5) is 0 Å². The van der Waals surface area contributed by atoms with Crippen LogP contribution in [0.3, 0.4) is 0 Å². The first-order valence-corrected chi connectivity index (χ1v) is 7.04. The molecule has 5 heteroatoms. The van der Waals surface area contributed by atoms with Crippen LogP contribution in [-0.2, 0) is 4.79 Å². The van der Waals surface area contributed by atoms with Crippen molar-refractivity contribution in [1.29, 1.82) is 0 Å². The number of benzene rings is 1. The van der Waals surface area contributed by atoms with Crippen LogP contribution in [0.2, 0.25) is 0 Å². The summed E-state index contributed by atoms with van der Waals surface area (Å²) in [7, 11) is 0. The largest absolute Gasteiger partial charge is 0.493 e. The van der Waals surface area contributed by atoms with Gasteiger partial charge in [0.2, 0.25) is 5.91 Å². The Morgan fingerprint density at radius 3 is 2.90 bits per heavy atom. The van der Waals surface area contributed by atoms with Crippen LogP contribution in [0.1, 0.15) is 36.1 Å². The summed E-state index contributed by atoms with van der Waals surface area (Å²) in [5.41, 5.74) is 3.24. The zero-order valence-electron chi connectivity index (χ0n) is 12.6. The van der Waals surface area contributed by atoms with Crippen molar-refractivity contribution in [2.75, 3.05) is 6.61 Å². The van der Waals surface area contributed by atoms with Gasteiger partial charge in [-0.25, -0.2) is 0 Å². The predicted octanol–water partition coefficient (Wildman–Crippen LogP) is 2.67. The first-order chi connectivity index (χ1) is 10.1. The number of nitrogens with one attached hydrogen (secondary N) is 2. The van der Waals surface area contributed by atoms with Crippen molar-refractivity contribution in [3.8, 4) is 5.75 Å². The lowest BCUT2D eigenvalue weighted by Gasteiger charge is -2.13. The van der Waals surface area contributed by atoms with Gasteiger partial charge in [-0.1, -0.05) is 17.7 Å². The monoisotopic (exact) mass is 287 g/mol. The molecular formula is C16H21N3O2. The molecule has 1 aromatic heterocycles. The van der Waals surface area contributed by atoms with Gasteiger partial charge in [-0.05, 0) is 32.4 Å². The van der Waals surface area contributed by atoms with Crippen LogP contribution < -0.4 is 10.1 Å². The molecule has 1 amide bonds. The van der Waals surface area contributed by atoms with E-state index in [0.29, 0.717) is 13.0 Å². The van der Waals surface area contributed by atoms with Gasteiger partial charge in [0.05, 0.1) is 25.3 Å². The van der Waals surface area contributed by atoms with Crippen molar-refractivity contribution in [3.63, 3.8) is 0 Å². The van der Waals surface area contributed by atoms with Crippen molar-refractivity contribution >= 4 is 5.91 Å². The normalized spacial score (nSPS) is 12.0. The fourth-order valence-corrected chi connectivity index (χ4v) is 2.11. The van der Waals surface area contributed by atoms with E-state index in [1.807, 2.05) is 32.9 Å².